The van der Waals surface area contributed by atoms with Crippen LogP contribution in [0.15, 0.2) is 47.6 Å². The van der Waals surface area contributed by atoms with E-state index < -0.39 is 0 Å². The normalized spacial score (nSPS) is 19.4. The van der Waals surface area contributed by atoms with Crippen molar-refractivity contribution < 1.29 is 9.18 Å². The number of rotatable bonds is 7. The van der Waals surface area contributed by atoms with Crippen LogP contribution in [-0.2, 0) is 16.8 Å². The molecule has 4 rings (SSSR count). The smallest absolute Gasteiger partial charge is 0.222 e. The third-order valence-corrected chi connectivity index (χ3v) is 6.55. The quantitative estimate of drug-likeness (QED) is 0.272. The number of halogens is 2. The van der Waals surface area contributed by atoms with E-state index in [-0.39, 0.29) is 47.0 Å². The van der Waals surface area contributed by atoms with Crippen molar-refractivity contribution in [2.45, 2.75) is 37.6 Å². The molecule has 1 saturated carbocycles. The molecule has 1 atom stereocenters. The highest BCUT2D eigenvalue weighted by atomic mass is 127. The Bertz CT molecular complexity index is 996. The second-order valence-electron chi connectivity index (χ2n) is 8.74. The molecule has 1 aromatic heterocycles. The third kappa shape index (κ3) is 6.13. The van der Waals surface area contributed by atoms with Crippen LogP contribution in [0.2, 0.25) is 0 Å². The number of primary amides is 1. The van der Waals surface area contributed by atoms with Crippen molar-refractivity contribution in [1.82, 2.24) is 15.6 Å². The van der Waals surface area contributed by atoms with Crippen LogP contribution in [0.5, 0.6) is 0 Å². The number of hydrogen-bond acceptors (Lipinski definition) is 4. The lowest BCUT2D eigenvalue weighted by atomic mass is 9.96. The van der Waals surface area contributed by atoms with Crippen LogP contribution in [0.1, 0.15) is 36.8 Å². The molecule has 1 saturated heterocycles. The standard InChI is InChI=1S/C24H31FN6O.HI/c1-27-23(30-16-24(9-10-24)19-7-2-8-20(25)13-19)29-14-17-5-3-11-28-22(17)31-12-4-6-18(15-31)21(26)32;/h2-3,5,7-8,11,13,18H,4,6,9-10,12,14-16H2,1H3,(H2,26,32)(H2,27,29,30);1H. The maximum absolute atomic E-state index is 13.7. The topological polar surface area (TPSA) is 95.6 Å². The Kier molecular flexibility index (Phi) is 8.50. The highest BCUT2D eigenvalue weighted by Gasteiger charge is 2.44. The Morgan fingerprint density at radius 3 is 2.82 bits per heavy atom. The molecule has 0 radical (unpaired) electrons. The number of nitrogens with two attached hydrogens (primary N) is 1. The SMILES string of the molecule is CN=C(NCc1cccnc1N1CCCC(C(N)=O)C1)NCC1(c2cccc(F)c2)CC1.I. The number of aliphatic imine (C=N–C) groups is 1. The molecule has 2 fully saturated rings. The van der Waals surface area contributed by atoms with E-state index in [0.29, 0.717) is 25.6 Å². The van der Waals surface area contributed by atoms with Crippen LogP contribution in [0.4, 0.5) is 10.2 Å². The number of nitrogens with zero attached hydrogens (tertiary/aromatic N) is 3. The lowest BCUT2D eigenvalue weighted by Crippen LogP contribution is -2.43. The van der Waals surface area contributed by atoms with E-state index >= 15 is 0 Å². The zero-order chi connectivity index (χ0) is 22.6. The minimum atomic E-state index is -0.248. The molecule has 2 aromatic rings. The van der Waals surface area contributed by atoms with Crippen molar-refractivity contribution in [2.24, 2.45) is 16.6 Å². The van der Waals surface area contributed by atoms with E-state index in [4.69, 9.17) is 5.73 Å². The van der Waals surface area contributed by atoms with Gasteiger partial charge in [-0.25, -0.2) is 9.37 Å². The predicted octanol–water partition coefficient (Wildman–Crippen LogP) is 2.94. The van der Waals surface area contributed by atoms with Crippen molar-refractivity contribution in [1.29, 1.82) is 0 Å². The highest BCUT2D eigenvalue weighted by Crippen LogP contribution is 2.47. The van der Waals surface area contributed by atoms with Gasteiger partial charge in [0.1, 0.15) is 11.6 Å². The Morgan fingerprint density at radius 2 is 2.12 bits per heavy atom. The second kappa shape index (κ2) is 11.1. The molecule has 2 heterocycles. The van der Waals surface area contributed by atoms with E-state index in [2.05, 4.69) is 25.5 Å². The Hall–Kier alpha value is -2.43. The van der Waals surface area contributed by atoms with Gasteiger partial charge in [-0.2, -0.15) is 0 Å². The van der Waals surface area contributed by atoms with Gasteiger partial charge < -0.3 is 21.3 Å². The molecule has 7 nitrogen and oxygen atoms in total. The first-order valence-electron chi connectivity index (χ1n) is 11.2. The van der Waals surface area contributed by atoms with Gasteiger partial charge in [0.25, 0.3) is 0 Å². The summed E-state index contributed by atoms with van der Waals surface area (Å²) < 4.78 is 13.7. The van der Waals surface area contributed by atoms with Gasteiger partial charge in [0.05, 0.1) is 5.92 Å². The number of piperidine rings is 1. The number of guanidine groups is 1. The summed E-state index contributed by atoms with van der Waals surface area (Å²) in [5, 5.41) is 6.77. The summed E-state index contributed by atoms with van der Waals surface area (Å²) in [6.07, 6.45) is 5.58. The lowest BCUT2D eigenvalue weighted by molar-refractivity contribution is -0.122. The first kappa shape index (κ1) is 25.2. The molecule has 0 spiro atoms. The Morgan fingerprint density at radius 1 is 1.30 bits per heavy atom. The molecule has 4 N–H and O–H groups in total. The van der Waals surface area contributed by atoms with E-state index in [1.807, 2.05) is 18.2 Å². The fourth-order valence-electron chi connectivity index (χ4n) is 4.44. The van der Waals surface area contributed by atoms with Crippen molar-refractivity contribution in [2.75, 3.05) is 31.6 Å². The lowest BCUT2D eigenvalue weighted by Gasteiger charge is -2.33. The van der Waals surface area contributed by atoms with E-state index in [9.17, 15) is 9.18 Å². The van der Waals surface area contributed by atoms with Crippen LogP contribution in [0, 0.1) is 11.7 Å². The largest absolute Gasteiger partial charge is 0.369 e. The van der Waals surface area contributed by atoms with Crippen molar-refractivity contribution >= 4 is 41.7 Å². The van der Waals surface area contributed by atoms with Crippen LogP contribution < -0.4 is 21.3 Å². The molecule has 1 aliphatic carbocycles. The molecule has 9 heteroatoms. The van der Waals surface area contributed by atoms with Crippen LogP contribution in [0.25, 0.3) is 0 Å². The zero-order valence-electron chi connectivity index (χ0n) is 18.9. The Labute approximate surface area is 211 Å². The van der Waals surface area contributed by atoms with Crippen LogP contribution in [-0.4, -0.2) is 43.5 Å². The van der Waals surface area contributed by atoms with Gasteiger partial charge in [-0.3, -0.25) is 9.79 Å². The van der Waals surface area contributed by atoms with Crippen molar-refractivity contribution in [3.8, 4) is 0 Å². The predicted molar refractivity (Wildman–Crippen MR) is 139 cm³/mol. The molecule has 1 aliphatic heterocycles. The first-order valence-corrected chi connectivity index (χ1v) is 11.2. The number of nitrogens with one attached hydrogen (secondary N) is 2. The van der Waals surface area contributed by atoms with Crippen LogP contribution >= 0.6 is 24.0 Å². The van der Waals surface area contributed by atoms with Gasteiger partial charge in [-0.05, 0) is 49.4 Å². The van der Waals surface area contributed by atoms with Gasteiger partial charge in [0.2, 0.25) is 5.91 Å². The molecule has 33 heavy (non-hydrogen) atoms. The van der Waals surface area contributed by atoms with E-state index in [1.165, 1.54) is 6.07 Å². The molecule has 1 unspecified atom stereocenters. The number of anilines is 1. The molecule has 178 valence electrons. The number of pyridine rings is 1. The number of carbonyl (C=O) groups excluding carboxylic acids is 1. The van der Waals surface area contributed by atoms with Gasteiger partial charge >= 0.3 is 0 Å². The molecule has 2 aliphatic rings. The fourth-order valence-corrected chi connectivity index (χ4v) is 4.44. The van der Waals surface area contributed by atoms with Gasteiger partial charge in [0.15, 0.2) is 5.96 Å². The van der Waals surface area contributed by atoms with E-state index in [0.717, 1.165) is 49.2 Å². The minimum absolute atomic E-state index is 0. The maximum atomic E-state index is 13.7. The molecule has 0 bridgehead atoms. The summed E-state index contributed by atoms with van der Waals surface area (Å²) >= 11 is 0. The highest BCUT2D eigenvalue weighted by molar-refractivity contribution is 14.0. The average Bonchev–Trinajstić information content (AvgIpc) is 3.61. The fraction of sp³-hybridized carbons (Fsp3) is 0.458. The van der Waals surface area contributed by atoms with E-state index in [1.54, 1.807) is 25.4 Å². The summed E-state index contributed by atoms with van der Waals surface area (Å²) in [4.78, 5) is 22.7. The first-order chi connectivity index (χ1) is 15.5. The monoisotopic (exact) mass is 566 g/mol. The summed E-state index contributed by atoms with van der Waals surface area (Å²) in [5.74, 6) is 0.980. The van der Waals surface area contributed by atoms with Gasteiger partial charge in [-0.1, -0.05) is 18.2 Å². The number of carbonyl (C=O) groups is 1. The molecular weight excluding hydrogens is 534 g/mol. The summed E-state index contributed by atoms with van der Waals surface area (Å²) in [7, 11) is 1.74. The average molecular weight is 566 g/mol. The van der Waals surface area contributed by atoms with Gasteiger partial charge in [-0.15, -0.1) is 24.0 Å². The number of amides is 1. The molecular formula is C24H32FIN6O. The third-order valence-electron chi connectivity index (χ3n) is 6.55. The summed E-state index contributed by atoms with van der Waals surface area (Å²) in [6, 6.07) is 10.8. The number of aromatic nitrogens is 1. The zero-order valence-corrected chi connectivity index (χ0v) is 21.2. The summed E-state index contributed by atoms with van der Waals surface area (Å²) in [5.41, 5.74) is 7.58. The van der Waals surface area contributed by atoms with Crippen molar-refractivity contribution in [3.63, 3.8) is 0 Å². The van der Waals surface area contributed by atoms with Crippen molar-refractivity contribution in [3.05, 3.63) is 59.5 Å². The Balaban J connectivity index is 0.00000306. The van der Waals surface area contributed by atoms with Crippen LogP contribution in [0.3, 0.4) is 0 Å². The molecule has 1 amide bonds. The summed E-state index contributed by atoms with van der Waals surface area (Å²) in [6.45, 7) is 2.70. The maximum Gasteiger partial charge on any atom is 0.222 e. The minimum Gasteiger partial charge on any atom is -0.369 e. The second-order valence-corrected chi connectivity index (χ2v) is 8.74. The number of hydrogen-bond donors (Lipinski definition) is 3. The molecule has 1 aromatic carbocycles. The van der Waals surface area contributed by atoms with Gasteiger partial charge in [0, 0.05) is 50.4 Å². The number of benzene rings is 1.